The highest BCUT2D eigenvalue weighted by Crippen LogP contribution is 2.41. The van der Waals surface area contributed by atoms with Gasteiger partial charge >= 0.3 is 16.9 Å². The summed E-state index contributed by atoms with van der Waals surface area (Å²) in [7, 11) is -5.76. The maximum absolute atomic E-state index is 14.6. The van der Waals surface area contributed by atoms with E-state index in [1.165, 1.54) is 10.9 Å². The number of nitrogens with one attached hydrogen (secondary N) is 1. The zero-order valence-corrected chi connectivity index (χ0v) is 23.0. The first kappa shape index (κ1) is 28.2. The fourth-order valence-electron chi connectivity index (χ4n) is 4.98. The molecule has 0 aliphatic carbocycles. The average Bonchev–Trinajstić information content (AvgIpc) is 3.72. The topological polar surface area (TPSA) is 224 Å². The molecule has 4 aromatic rings. The first-order chi connectivity index (χ1) is 19.8. The summed E-state index contributed by atoms with van der Waals surface area (Å²) in [5.41, 5.74) is 6.17. The molecule has 1 unspecified atom stereocenters. The number of rotatable bonds is 10. The van der Waals surface area contributed by atoms with Gasteiger partial charge in [-0.2, -0.15) is 0 Å². The summed E-state index contributed by atoms with van der Waals surface area (Å²) < 4.78 is 58.5. The maximum Gasteiger partial charge on any atom is 0.327 e. The number of fused-ring (bicyclic) bond motifs is 2. The molecular formula is C21H25FN8O9P2. The van der Waals surface area contributed by atoms with Gasteiger partial charge in [0.15, 0.2) is 29.2 Å². The zero-order chi connectivity index (χ0) is 28.7. The van der Waals surface area contributed by atoms with Crippen LogP contribution in [0.5, 0.6) is 0 Å². The Kier molecular flexibility index (Phi) is 8.09. The third kappa shape index (κ3) is 5.75. The Balaban J connectivity index is 1.11. The van der Waals surface area contributed by atoms with E-state index >= 15 is 0 Å². The summed E-state index contributed by atoms with van der Waals surface area (Å²) >= 11 is 0. The molecule has 0 bridgehead atoms. The molecule has 20 heteroatoms. The lowest BCUT2D eigenvalue weighted by Gasteiger charge is -2.21. The molecule has 0 amide bonds. The van der Waals surface area contributed by atoms with Gasteiger partial charge in [-0.05, 0) is 12.8 Å². The van der Waals surface area contributed by atoms with Crippen molar-refractivity contribution in [2.45, 2.75) is 50.0 Å². The van der Waals surface area contributed by atoms with Gasteiger partial charge in [0.05, 0.1) is 38.1 Å². The van der Waals surface area contributed by atoms with Crippen LogP contribution in [0, 0.1) is 5.82 Å². The highest BCUT2D eigenvalue weighted by Gasteiger charge is 2.40. The molecule has 0 aromatic carbocycles. The van der Waals surface area contributed by atoms with Crippen LogP contribution in [0.4, 0.5) is 10.2 Å². The van der Waals surface area contributed by atoms with E-state index in [1.807, 2.05) is 0 Å². The molecule has 6 heterocycles. The molecule has 2 aliphatic rings. The van der Waals surface area contributed by atoms with Crippen molar-refractivity contribution >= 4 is 44.9 Å². The van der Waals surface area contributed by atoms with Crippen molar-refractivity contribution in [3.8, 4) is 0 Å². The molecule has 5 N–H and O–H groups in total. The summed E-state index contributed by atoms with van der Waals surface area (Å²) in [6, 6.07) is 0. The maximum atomic E-state index is 14.6. The van der Waals surface area contributed by atoms with E-state index in [2.05, 4.69) is 24.9 Å². The van der Waals surface area contributed by atoms with Crippen molar-refractivity contribution in [2.75, 3.05) is 18.9 Å². The van der Waals surface area contributed by atoms with Crippen LogP contribution in [0.2, 0.25) is 0 Å². The summed E-state index contributed by atoms with van der Waals surface area (Å²) in [4.78, 5) is 49.1. The van der Waals surface area contributed by atoms with E-state index < -0.39 is 52.8 Å². The molecule has 2 fully saturated rings. The van der Waals surface area contributed by atoms with Crippen LogP contribution >= 0.6 is 16.9 Å². The Labute approximate surface area is 231 Å². The molecule has 0 radical (unpaired) electrons. The third-order valence-corrected chi connectivity index (χ3v) is 8.06. The average molecular weight is 614 g/mol. The number of aromatic nitrogens is 7. The van der Waals surface area contributed by atoms with Crippen LogP contribution in [-0.2, 0) is 27.6 Å². The Bertz CT molecular complexity index is 1630. The molecule has 220 valence electrons. The number of hydrogen-bond donors (Lipinski definition) is 4. The first-order valence-corrected chi connectivity index (χ1v) is 14.8. The minimum atomic E-state index is -3.11. The van der Waals surface area contributed by atoms with E-state index in [1.54, 1.807) is 10.9 Å². The largest absolute Gasteiger partial charge is 0.382 e. The van der Waals surface area contributed by atoms with Gasteiger partial charge in [-0.3, -0.25) is 13.9 Å². The van der Waals surface area contributed by atoms with Gasteiger partial charge in [0.1, 0.15) is 29.6 Å². The number of aromatic amines is 1. The second-order valence-corrected chi connectivity index (χ2v) is 11.1. The minimum Gasteiger partial charge on any atom is -0.382 e. The monoisotopic (exact) mass is 614 g/mol. The number of anilines is 1. The fourth-order valence-corrected chi connectivity index (χ4v) is 6.13. The molecular weight excluding hydrogens is 589 g/mol. The molecule has 0 spiro atoms. The number of imidazole rings is 1. The van der Waals surface area contributed by atoms with E-state index in [4.69, 9.17) is 38.6 Å². The lowest BCUT2D eigenvalue weighted by atomic mass is 10.2. The van der Waals surface area contributed by atoms with Crippen LogP contribution in [0.1, 0.15) is 31.7 Å². The number of nitrogens with two attached hydrogens (primary N) is 1. The lowest BCUT2D eigenvalue weighted by molar-refractivity contribution is -0.0450. The van der Waals surface area contributed by atoms with E-state index in [0.717, 1.165) is 12.5 Å². The van der Waals surface area contributed by atoms with Crippen molar-refractivity contribution in [3.63, 3.8) is 0 Å². The second kappa shape index (κ2) is 11.8. The van der Waals surface area contributed by atoms with Crippen molar-refractivity contribution in [3.05, 3.63) is 41.3 Å². The Morgan fingerprint density at radius 1 is 1.15 bits per heavy atom. The predicted octanol–water partition coefficient (Wildman–Crippen LogP) is 1.27. The number of ether oxygens (including phenoxy) is 2. The van der Waals surface area contributed by atoms with E-state index in [9.17, 15) is 13.8 Å². The van der Waals surface area contributed by atoms with Crippen LogP contribution in [0.25, 0.3) is 22.2 Å². The van der Waals surface area contributed by atoms with Gasteiger partial charge in [-0.25, -0.2) is 24.3 Å². The molecule has 0 saturated carbocycles. The summed E-state index contributed by atoms with van der Waals surface area (Å²) in [6.07, 6.45) is 2.89. The molecule has 6 atom stereocenters. The van der Waals surface area contributed by atoms with E-state index in [-0.39, 0.29) is 42.7 Å². The molecule has 4 aromatic heterocycles. The Hall–Kier alpha value is -2.92. The first-order valence-electron chi connectivity index (χ1n) is 12.4. The van der Waals surface area contributed by atoms with Gasteiger partial charge < -0.3 is 48.1 Å². The van der Waals surface area contributed by atoms with Crippen molar-refractivity contribution in [2.24, 2.45) is 0 Å². The predicted molar refractivity (Wildman–Crippen MR) is 139 cm³/mol. The van der Waals surface area contributed by atoms with Gasteiger partial charge in [-0.1, -0.05) is 0 Å². The highest BCUT2D eigenvalue weighted by molar-refractivity contribution is 7.39. The number of halogens is 1. The van der Waals surface area contributed by atoms with Gasteiger partial charge in [-0.15, -0.1) is 0 Å². The standard InChI is InChI=1S/C21H25FN8O9P2/c22-12-4-29(18-15(12)20(31)27-8-25-18)21-13(3-11(38-21)6-35-40(32)33)39-41(34)36-5-10-1-2-14(37-10)30-9-28-16-17(23)24-7-26-19(16)30/h4,7-11,13-14,21,32-33,41H,1-3,5-6H2,(H2,23,24,26)(H,25,27,31)/t10-,11-,13+,14+,21+/m0/s1. The molecule has 41 heavy (non-hydrogen) atoms. The summed E-state index contributed by atoms with van der Waals surface area (Å²) in [5, 5.41) is -0.277. The van der Waals surface area contributed by atoms with Gasteiger partial charge in [0.25, 0.3) is 5.56 Å². The highest BCUT2D eigenvalue weighted by atomic mass is 31.2. The lowest BCUT2D eigenvalue weighted by Crippen LogP contribution is -2.22. The zero-order valence-electron chi connectivity index (χ0n) is 21.1. The van der Waals surface area contributed by atoms with Gasteiger partial charge in [0, 0.05) is 12.6 Å². The SMILES string of the molecule is Nc1ncnc2c1ncn2[C@H]1CC[C@@H](CO[PH](=O)O[C@@H]2C[C@@H](COP(O)O)O[C@H]2n2cc(F)c3c(=O)[nH]cnc32)O1. The van der Waals surface area contributed by atoms with Crippen LogP contribution < -0.4 is 11.3 Å². The molecule has 17 nitrogen and oxygen atoms in total. The number of hydrogen-bond acceptors (Lipinski definition) is 14. The summed E-state index contributed by atoms with van der Waals surface area (Å²) in [6.45, 7) is -0.247. The smallest absolute Gasteiger partial charge is 0.327 e. The van der Waals surface area contributed by atoms with E-state index in [0.29, 0.717) is 24.0 Å². The second-order valence-electron chi connectivity index (χ2n) is 9.34. The summed E-state index contributed by atoms with van der Waals surface area (Å²) in [5.74, 6) is -0.570. The minimum absolute atomic E-state index is 0.0111. The third-order valence-electron chi connectivity index (χ3n) is 6.78. The Morgan fingerprint density at radius 3 is 2.83 bits per heavy atom. The molecule has 2 aliphatic heterocycles. The van der Waals surface area contributed by atoms with Gasteiger partial charge in [0.2, 0.25) is 0 Å². The normalized spacial score (nSPS) is 25.6. The number of H-pyrrole nitrogens is 1. The van der Waals surface area contributed by atoms with Crippen LogP contribution in [-0.4, -0.2) is 75.4 Å². The van der Waals surface area contributed by atoms with Crippen LogP contribution in [0.15, 0.2) is 30.0 Å². The fraction of sp³-hybridized carbons (Fsp3) is 0.476. The number of nitrogens with zero attached hydrogens (tertiary/aromatic N) is 6. The molecule has 2 saturated heterocycles. The van der Waals surface area contributed by atoms with Crippen molar-refractivity contribution in [1.82, 2.24) is 34.1 Å². The van der Waals surface area contributed by atoms with Crippen LogP contribution in [0.3, 0.4) is 0 Å². The van der Waals surface area contributed by atoms with Crippen molar-refractivity contribution in [1.29, 1.82) is 0 Å². The molecule has 6 rings (SSSR count). The number of nitrogen functional groups attached to an aromatic ring is 1. The Morgan fingerprint density at radius 2 is 2.00 bits per heavy atom. The van der Waals surface area contributed by atoms with Crippen molar-refractivity contribution < 1.29 is 41.8 Å². The quantitative estimate of drug-likeness (QED) is 0.185.